The second-order valence-electron chi connectivity index (χ2n) is 6.29. The van der Waals surface area contributed by atoms with Crippen LogP contribution in [0.5, 0.6) is 0 Å². The molecule has 116 valence electrons. The van der Waals surface area contributed by atoms with Crippen LogP contribution in [-0.4, -0.2) is 35.8 Å². The van der Waals surface area contributed by atoms with E-state index in [1.807, 2.05) is 0 Å². The van der Waals surface area contributed by atoms with Gasteiger partial charge in [0.2, 0.25) is 5.89 Å². The Balaban J connectivity index is 1.23. The third-order valence-corrected chi connectivity index (χ3v) is 4.51. The molecule has 22 heavy (non-hydrogen) atoms. The van der Waals surface area contributed by atoms with Crippen LogP contribution in [-0.2, 0) is 6.42 Å². The molecular weight excluding hydrogens is 276 g/mol. The lowest BCUT2D eigenvalue weighted by Gasteiger charge is -2.18. The summed E-state index contributed by atoms with van der Waals surface area (Å²) in [4.78, 5) is 6.91. The largest absolute Gasteiger partial charge is 0.370 e. The summed E-state index contributed by atoms with van der Waals surface area (Å²) < 4.78 is 5.31. The third-order valence-electron chi connectivity index (χ3n) is 4.51. The quantitative estimate of drug-likeness (QED) is 0.887. The monoisotopic (exact) mass is 298 g/mol. The van der Waals surface area contributed by atoms with Crippen molar-refractivity contribution in [1.82, 2.24) is 15.5 Å². The zero-order valence-corrected chi connectivity index (χ0v) is 12.7. The minimum Gasteiger partial charge on any atom is -0.370 e. The fourth-order valence-electron chi connectivity index (χ4n) is 3.06. The number of aromatic nitrogens is 2. The first-order valence-corrected chi connectivity index (χ1v) is 8.24. The van der Waals surface area contributed by atoms with Crippen molar-refractivity contribution in [3.05, 3.63) is 42.0 Å². The lowest BCUT2D eigenvalue weighted by Crippen LogP contribution is -2.33. The minimum atomic E-state index is 0.547. The number of rotatable bonds is 6. The summed E-state index contributed by atoms with van der Waals surface area (Å²) in [6, 6.07) is 11.2. The molecule has 2 fully saturated rings. The molecule has 1 atom stereocenters. The number of benzene rings is 1. The molecule has 1 unspecified atom stereocenters. The van der Waals surface area contributed by atoms with E-state index in [9.17, 15) is 0 Å². The van der Waals surface area contributed by atoms with Crippen molar-refractivity contribution in [2.75, 3.05) is 24.5 Å². The van der Waals surface area contributed by atoms with Gasteiger partial charge in [-0.15, -0.1) is 0 Å². The average Bonchev–Trinajstić information content (AvgIpc) is 3.11. The van der Waals surface area contributed by atoms with Gasteiger partial charge in [0.15, 0.2) is 5.82 Å². The highest BCUT2D eigenvalue weighted by Crippen LogP contribution is 2.38. The molecule has 1 aromatic carbocycles. The Labute approximate surface area is 130 Å². The minimum absolute atomic E-state index is 0.547. The Morgan fingerprint density at radius 3 is 2.86 bits per heavy atom. The van der Waals surface area contributed by atoms with E-state index in [2.05, 4.69) is 50.7 Å². The van der Waals surface area contributed by atoms with Gasteiger partial charge in [-0.2, -0.15) is 4.98 Å². The Hall–Kier alpha value is -1.88. The van der Waals surface area contributed by atoms with Gasteiger partial charge >= 0.3 is 0 Å². The maximum absolute atomic E-state index is 5.31. The predicted molar refractivity (Wildman–Crippen MR) is 85.0 cm³/mol. The van der Waals surface area contributed by atoms with Gasteiger partial charge in [0.1, 0.15) is 0 Å². The van der Waals surface area contributed by atoms with E-state index in [0.717, 1.165) is 37.8 Å². The summed E-state index contributed by atoms with van der Waals surface area (Å²) in [6.45, 7) is 3.09. The smallest absolute Gasteiger partial charge is 0.227 e. The fraction of sp³-hybridized carbons (Fsp3) is 0.529. The van der Waals surface area contributed by atoms with Crippen LogP contribution in [0.15, 0.2) is 34.9 Å². The molecule has 1 aliphatic carbocycles. The summed E-state index contributed by atoms with van der Waals surface area (Å²) in [7, 11) is 0. The van der Waals surface area contributed by atoms with Crippen LogP contribution in [0.2, 0.25) is 0 Å². The van der Waals surface area contributed by atoms with Gasteiger partial charge in [-0.3, -0.25) is 0 Å². The molecule has 1 saturated carbocycles. The van der Waals surface area contributed by atoms with Gasteiger partial charge in [-0.05, 0) is 31.4 Å². The second-order valence-corrected chi connectivity index (χ2v) is 6.29. The van der Waals surface area contributed by atoms with Crippen LogP contribution in [0.25, 0.3) is 0 Å². The van der Waals surface area contributed by atoms with E-state index in [4.69, 9.17) is 4.52 Å². The molecule has 2 aliphatic rings. The zero-order valence-electron chi connectivity index (χ0n) is 12.7. The molecule has 1 N–H and O–H groups in total. The number of nitrogens with zero attached hydrogens (tertiary/aromatic N) is 3. The first-order chi connectivity index (χ1) is 10.9. The molecule has 0 bridgehead atoms. The molecule has 0 amide bonds. The van der Waals surface area contributed by atoms with Crippen molar-refractivity contribution >= 4 is 5.69 Å². The van der Waals surface area contributed by atoms with E-state index in [0.29, 0.717) is 12.0 Å². The second kappa shape index (κ2) is 6.08. The first kappa shape index (κ1) is 13.8. The van der Waals surface area contributed by atoms with Crippen molar-refractivity contribution in [2.24, 2.45) is 0 Å². The number of hydrogen-bond donors (Lipinski definition) is 1. The van der Waals surface area contributed by atoms with Gasteiger partial charge in [-0.25, -0.2) is 0 Å². The molecule has 0 radical (unpaired) electrons. The number of anilines is 1. The van der Waals surface area contributed by atoms with Crippen LogP contribution in [0.4, 0.5) is 5.69 Å². The summed E-state index contributed by atoms with van der Waals surface area (Å²) in [5, 5.41) is 7.67. The molecule has 4 rings (SSSR count). The molecular formula is C17H22N4O. The number of para-hydroxylation sites is 1. The Morgan fingerprint density at radius 2 is 2.05 bits per heavy atom. The fourth-order valence-corrected chi connectivity index (χ4v) is 3.06. The lowest BCUT2D eigenvalue weighted by molar-refractivity contribution is 0.368. The summed E-state index contributed by atoms with van der Waals surface area (Å²) in [5.41, 5.74) is 1.32. The standard InChI is InChI=1S/C17H22N4O/c1-2-4-15(5-3-1)21-11-9-14(12-21)18-10-8-16-19-17(20-22-16)13-6-7-13/h1-5,13-14,18H,6-12H2. The van der Waals surface area contributed by atoms with Gasteiger partial charge in [0.25, 0.3) is 0 Å². The summed E-state index contributed by atoms with van der Waals surface area (Å²) >= 11 is 0. The Bertz CT molecular complexity index is 608. The Morgan fingerprint density at radius 1 is 1.18 bits per heavy atom. The zero-order chi connectivity index (χ0) is 14.8. The molecule has 5 nitrogen and oxygen atoms in total. The summed E-state index contributed by atoms with van der Waals surface area (Å²) in [5.74, 6) is 2.25. The van der Waals surface area contributed by atoms with Crippen LogP contribution in [0.3, 0.4) is 0 Å². The topological polar surface area (TPSA) is 54.2 Å². The SMILES string of the molecule is c1ccc(N2CCC(NCCc3nc(C4CC4)no3)C2)cc1. The van der Waals surface area contributed by atoms with E-state index in [1.165, 1.54) is 24.9 Å². The van der Waals surface area contributed by atoms with Crippen molar-refractivity contribution in [2.45, 2.75) is 37.6 Å². The third kappa shape index (κ3) is 3.14. The van der Waals surface area contributed by atoms with Crippen LogP contribution < -0.4 is 10.2 Å². The van der Waals surface area contributed by atoms with Gasteiger partial charge < -0.3 is 14.7 Å². The molecule has 1 saturated heterocycles. The normalized spacial score (nSPS) is 21.5. The van der Waals surface area contributed by atoms with Crippen molar-refractivity contribution in [1.29, 1.82) is 0 Å². The summed E-state index contributed by atoms with van der Waals surface area (Å²) in [6.07, 6.45) is 4.44. The van der Waals surface area contributed by atoms with Gasteiger partial charge in [-0.1, -0.05) is 23.4 Å². The van der Waals surface area contributed by atoms with Crippen LogP contribution in [0.1, 0.15) is 36.9 Å². The van der Waals surface area contributed by atoms with E-state index in [1.54, 1.807) is 0 Å². The Kier molecular flexibility index (Phi) is 3.81. The number of nitrogens with one attached hydrogen (secondary N) is 1. The van der Waals surface area contributed by atoms with E-state index >= 15 is 0 Å². The van der Waals surface area contributed by atoms with E-state index < -0.39 is 0 Å². The molecule has 1 aliphatic heterocycles. The molecule has 2 heterocycles. The van der Waals surface area contributed by atoms with E-state index in [-0.39, 0.29) is 0 Å². The van der Waals surface area contributed by atoms with Gasteiger partial charge in [0, 0.05) is 43.7 Å². The van der Waals surface area contributed by atoms with Crippen molar-refractivity contribution in [3.8, 4) is 0 Å². The van der Waals surface area contributed by atoms with Gasteiger partial charge in [0.05, 0.1) is 0 Å². The highest BCUT2D eigenvalue weighted by atomic mass is 16.5. The highest BCUT2D eigenvalue weighted by molar-refractivity contribution is 5.47. The lowest BCUT2D eigenvalue weighted by atomic mass is 10.2. The highest BCUT2D eigenvalue weighted by Gasteiger charge is 2.28. The molecule has 1 aromatic heterocycles. The predicted octanol–water partition coefficient (Wildman–Crippen LogP) is 2.36. The molecule has 5 heteroatoms. The first-order valence-electron chi connectivity index (χ1n) is 8.24. The maximum Gasteiger partial charge on any atom is 0.227 e. The molecule has 2 aromatic rings. The number of hydrogen-bond acceptors (Lipinski definition) is 5. The molecule has 0 spiro atoms. The van der Waals surface area contributed by atoms with Crippen molar-refractivity contribution < 1.29 is 4.52 Å². The van der Waals surface area contributed by atoms with Crippen LogP contribution in [0, 0.1) is 0 Å². The average molecular weight is 298 g/mol. The maximum atomic E-state index is 5.31. The van der Waals surface area contributed by atoms with Crippen LogP contribution >= 0.6 is 0 Å². The van der Waals surface area contributed by atoms with Crippen molar-refractivity contribution in [3.63, 3.8) is 0 Å².